The van der Waals surface area contributed by atoms with Crippen LogP contribution >= 0.6 is 0 Å². The summed E-state index contributed by atoms with van der Waals surface area (Å²) in [5.74, 6) is 0.986. The summed E-state index contributed by atoms with van der Waals surface area (Å²) in [4.78, 5) is 0. The van der Waals surface area contributed by atoms with Crippen molar-refractivity contribution in [2.24, 2.45) is 0 Å². The molecule has 0 spiro atoms. The van der Waals surface area contributed by atoms with Crippen molar-refractivity contribution in [2.75, 3.05) is 7.05 Å². The van der Waals surface area contributed by atoms with Crippen LogP contribution in [0.15, 0.2) is 30.3 Å². The van der Waals surface area contributed by atoms with Crippen molar-refractivity contribution in [1.29, 1.82) is 0 Å². The first kappa shape index (κ1) is 9.53. The molecule has 1 saturated carbocycles. The van der Waals surface area contributed by atoms with Gasteiger partial charge in [-0.25, -0.2) is 0 Å². The van der Waals surface area contributed by atoms with Crippen LogP contribution in [0.1, 0.15) is 19.3 Å². The van der Waals surface area contributed by atoms with Gasteiger partial charge in [-0.2, -0.15) is 0 Å². The number of rotatable bonds is 3. The lowest BCUT2D eigenvalue weighted by Gasteiger charge is -2.20. The van der Waals surface area contributed by atoms with E-state index in [-0.39, 0.29) is 0 Å². The van der Waals surface area contributed by atoms with Gasteiger partial charge in [-0.05, 0) is 38.4 Å². The molecule has 0 saturated heterocycles. The third kappa shape index (κ3) is 2.07. The number of benzene rings is 1. The van der Waals surface area contributed by atoms with Gasteiger partial charge in [0.25, 0.3) is 0 Å². The maximum atomic E-state index is 5.92. The van der Waals surface area contributed by atoms with Crippen LogP contribution in [0.3, 0.4) is 0 Å². The molecule has 1 aromatic carbocycles. The van der Waals surface area contributed by atoms with Crippen LogP contribution in [0.25, 0.3) is 0 Å². The van der Waals surface area contributed by atoms with Gasteiger partial charge in [0.1, 0.15) is 11.9 Å². The Morgan fingerprint density at radius 2 is 2.00 bits per heavy atom. The van der Waals surface area contributed by atoms with E-state index in [9.17, 15) is 0 Å². The lowest BCUT2D eigenvalue weighted by Crippen LogP contribution is -2.36. The zero-order chi connectivity index (χ0) is 9.80. The third-order valence-electron chi connectivity index (χ3n) is 2.85. The van der Waals surface area contributed by atoms with Crippen molar-refractivity contribution >= 4 is 0 Å². The molecule has 0 radical (unpaired) electrons. The minimum absolute atomic E-state index is 0.349. The van der Waals surface area contributed by atoms with Crippen molar-refractivity contribution in [2.45, 2.75) is 31.4 Å². The maximum absolute atomic E-state index is 5.92. The minimum Gasteiger partial charge on any atom is -0.489 e. The van der Waals surface area contributed by atoms with E-state index in [0.29, 0.717) is 12.1 Å². The minimum atomic E-state index is 0.349. The third-order valence-corrected chi connectivity index (χ3v) is 2.85. The van der Waals surface area contributed by atoms with E-state index in [4.69, 9.17) is 4.74 Å². The molecule has 0 aliphatic heterocycles. The fourth-order valence-corrected chi connectivity index (χ4v) is 2.07. The summed E-state index contributed by atoms with van der Waals surface area (Å²) in [6.07, 6.45) is 4.01. The average Bonchev–Trinajstić information content (AvgIpc) is 2.67. The highest BCUT2D eigenvalue weighted by atomic mass is 16.5. The van der Waals surface area contributed by atoms with Gasteiger partial charge in [-0.15, -0.1) is 0 Å². The first-order valence-electron chi connectivity index (χ1n) is 5.29. The molecule has 14 heavy (non-hydrogen) atoms. The topological polar surface area (TPSA) is 21.3 Å². The van der Waals surface area contributed by atoms with Crippen LogP contribution in [-0.4, -0.2) is 19.2 Å². The summed E-state index contributed by atoms with van der Waals surface area (Å²) >= 11 is 0. The summed E-state index contributed by atoms with van der Waals surface area (Å²) in [5.41, 5.74) is 0. The highest BCUT2D eigenvalue weighted by Crippen LogP contribution is 2.24. The van der Waals surface area contributed by atoms with Crippen LogP contribution in [0, 0.1) is 0 Å². The summed E-state index contributed by atoms with van der Waals surface area (Å²) in [5, 5.41) is 3.31. The molecular formula is C12H17NO. The molecule has 1 fully saturated rings. The Morgan fingerprint density at radius 3 is 2.71 bits per heavy atom. The van der Waals surface area contributed by atoms with Gasteiger partial charge >= 0.3 is 0 Å². The number of para-hydroxylation sites is 1. The quantitative estimate of drug-likeness (QED) is 0.791. The number of likely N-dealkylation sites (N-methyl/N-ethyl adjacent to an activating group) is 1. The fraction of sp³-hybridized carbons (Fsp3) is 0.500. The van der Waals surface area contributed by atoms with Crippen LogP contribution in [0.2, 0.25) is 0 Å². The van der Waals surface area contributed by atoms with E-state index < -0.39 is 0 Å². The number of ether oxygens (including phenoxy) is 1. The van der Waals surface area contributed by atoms with Gasteiger partial charge in [0.2, 0.25) is 0 Å². The van der Waals surface area contributed by atoms with E-state index in [0.717, 1.165) is 5.75 Å². The number of hydrogen-bond donors (Lipinski definition) is 1. The Labute approximate surface area is 85.3 Å². The Bertz CT molecular complexity index is 273. The van der Waals surface area contributed by atoms with E-state index in [1.807, 2.05) is 37.4 Å². The van der Waals surface area contributed by atoms with Crippen molar-refractivity contribution in [3.63, 3.8) is 0 Å². The lowest BCUT2D eigenvalue weighted by molar-refractivity contribution is 0.179. The molecule has 1 aromatic rings. The summed E-state index contributed by atoms with van der Waals surface area (Å²) < 4.78 is 5.92. The Hall–Kier alpha value is -1.02. The van der Waals surface area contributed by atoms with E-state index >= 15 is 0 Å². The Morgan fingerprint density at radius 1 is 1.21 bits per heavy atom. The number of nitrogens with one attached hydrogen (secondary N) is 1. The zero-order valence-electron chi connectivity index (χ0n) is 8.57. The smallest absolute Gasteiger partial charge is 0.119 e. The highest BCUT2D eigenvalue weighted by Gasteiger charge is 2.27. The van der Waals surface area contributed by atoms with Gasteiger partial charge < -0.3 is 10.1 Å². The Kier molecular flexibility index (Phi) is 3.04. The lowest BCUT2D eigenvalue weighted by atomic mass is 10.2. The molecule has 2 rings (SSSR count). The summed E-state index contributed by atoms with van der Waals surface area (Å²) in [6.45, 7) is 0. The summed E-state index contributed by atoms with van der Waals surface area (Å²) in [6, 6.07) is 10.6. The van der Waals surface area contributed by atoms with Crippen molar-refractivity contribution in [1.82, 2.24) is 5.32 Å². The van der Waals surface area contributed by atoms with Crippen molar-refractivity contribution in [3.05, 3.63) is 30.3 Å². The van der Waals surface area contributed by atoms with Gasteiger partial charge in [-0.3, -0.25) is 0 Å². The van der Waals surface area contributed by atoms with Gasteiger partial charge in [0.05, 0.1) is 0 Å². The van der Waals surface area contributed by atoms with Crippen LogP contribution in [-0.2, 0) is 0 Å². The molecule has 1 aliphatic rings. The van der Waals surface area contributed by atoms with Crippen LogP contribution < -0.4 is 10.1 Å². The first-order valence-corrected chi connectivity index (χ1v) is 5.29. The van der Waals surface area contributed by atoms with Crippen molar-refractivity contribution < 1.29 is 4.74 Å². The molecule has 0 aromatic heterocycles. The molecule has 76 valence electrons. The molecular weight excluding hydrogens is 174 g/mol. The largest absolute Gasteiger partial charge is 0.489 e. The van der Waals surface area contributed by atoms with Crippen LogP contribution in [0.5, 0.6) is 5.75 Å². The average molecular weight is 191 g/mol. The zero-order valence-corrected chi connectivity index (χ0v) is 8.57. The molecule has 0 heterocycles. The van der Waals surface area contributed by atoms with E-state index in [1.54, 1.807) is 0 Å². The van der Waals surface area contributed by atoms with Crippen LogP contribution in [0.4, 0.5) is 0 Å². The molecule has 1 N–H and O–H groups in total. The fourth-order valence-electron chi connectivity index (χ4n) is 2.07. The monoisotopic (exact) mass is 191 g/mol. The summed E-state index contributed by atoms with van der Waals surface area (Å²) in [7, 11) is 2.01. The molecule has 1 aliphatic carbocycles. The molecule has 2 atom stereocenters. The standard InChI is InChI=1S/C12H17NO/c1-13-11-8-5-9-12(11)14-10-6-3-2-4-7-10/h2-4,6-7,11-13H,5,8-9H2,1H3. The predicted octanol–water partition coefficient (Wildman–Crippen LogP) is 2.21. The Balaban J connectivity index is 1.97. The van der Waals surface area contributed by atoms with E-state index in [2.05, 4.69) is 5.32 Å². The van der Waals surface area contributed by atoms with Gasteiger partial charge in [0, 0.05) is 6.04 Å². The first-order chi connectivity index (χ1) is 6.90. The molecule has 0 amide bonds. The van der Waals surface area contributed by atoms with E-state index in [1.165, 1.54) is 19.3 Å². The maximum Gasteiger partial charge on any atom is 0.119 e. The highest BCUT2D eigenvalue weighted by molar-refractivity contribution is 5.21. The SMILES string of the molecule is CNC1CCCC1Oc1ccccc1. The second-order valence-electron chi connectivity index (χ2n) is 3.80. The number of hydrogen-bond acceptors (Lipinski definition) is 2. The predicted molar refractivity (Wildman–Crippen MR) is 57.6 cm³/mol. The van der Waals surface area contributed by atoms with Gasteiger partial charge in [-0.1, -0.05) is 18.2 Å². The second kappa shape index (κ2) is 4.47. The normalized spacial score (nSPS) is 26.4. The van der Waals surface area contributed by atoms with Gasteiger partial charge in [0.15, 0.2) is 0 Å². The molecule has 0 bridgehead atoms. The second-order valence-corrected chi connectivity index (χ2v) is 3.80. The molecule has 2 nitrogen and oxygen atoms in total. The van der Waals surface area contributed by atoms with Crippen molar-refractivity contribution in [3.8, 4) is 5.75 Å². The molecule has 2 unspecified atom stereocenters. The molecule has 2 heteroatoms.